The normalized spacial score (nSPS) is 11.7. The van der Waals surface area contributed by atoms with Crippen molar-refractivity contribution in [1.29, 1.82) is 0 Å². The van der Waals surface area contributed by atoms with E-state index in [1.54, 1.807) is 11.3 Å². The summed E-state index contributed by atoms with van der Waals surface area (Å²) < 4.78 is 3.59. The predicted molar refractivity (Wildman–Crippen MR) is 290 cm³/mol. The van der Waals surface area contributed by atoms with E-state index in [4.69, 9.17) is 15.0 Å². The number of aromatic nitrogens is 4. The molecule has 10 rings (SSSR count). The largest absolute Gasteiger partial charge is 0.333 e. The van der Waals surface area contributed by atoms with Crippen LogP contribution in [0.3, 0.4) is 0 Å². The molecule has 0 aliphatic heterocycles. The molecular formula is C61H60IrN4SSi-2. The zero-order chi connectivity index (χ0) is 47.0. The Kier molecular flexibility index (Phi) is 14.6. The Morgan fingerprint density at radius 2 is 1.28 bits per heavy atom. The average molecular weight is 1100 g/mol. The minimum Gasteiger partial charge on any atom is -0.333 e. The number of nitrogens with zero attached hydrogens (tertiary/aromatic N) is 4. The van der Waals surface area contributed by atoms with Crippen LogP contribution >= 0.6 is 11.3 Å². The SMILES string of the molecule is CC(C)Cc1cc(-c2[c-]ccc(-c3ccccc3)c2)ncc1[Si](C)(C)C.Cc1ccc2c(n1)sc1c[c-]c(-c3nc4ccccc4n3-c3c(C(C)C)cc(-c4ccccc4)cc3C(C)C)cc12.[Ir]. The van der Waals surface area contributed by atoms with Crippen molar-refractivity contribution in [3.63, 3.8) is 0 Å². The standard InChI is InChI=1S/C37H32N3S.C24H28NSi.Ir/c1-22(2)29-20-27(25-11-7-6-8-12-25)21-30(23(3)4)35(29)40-33-14-10-9-13-32(33)39-36(40)26-16-18-34-31(19-26)28-17-15-24(5)38-37(28)41-34;1-18(2)14-22-16-23(25-17-24(22)26(3,4)5)21-13-9-12-20(15-21)19-10-7-6-8-11-19;/h6-15,17-23H,1-5H3;6-12,15-18H,14H2,1-5H3;/q2*-1;. The molecule has 0 atom stereocenters. The average Bonchev–Trinajstić information content (AvgIpc) is 3.89. The number of fused-ring (bicyclic) bond motifs is 4. The first-order valence-electron chi connectivity index (χ1n) is 23.7. The maximum atomic E-state index is 5.25. The number of hydrogen-bond donors (Lipinski definition) is 0. The maximum Gasteiger partial charge on any atom is 0.114 e. The van der Waals surface area contributed by atoms with Gasteiger partial charge in [0.15, 0.2) is 0 Å². The minimum atomic E-state index is -1.40. The molecule has 0 bridgehead atoms. The summed E-state index contributed by atoms with van der Waals surface area (Å²) in [4.78, 5) is 15.9. The van der Waals surface area contributed by atoms with E-state index in [0.29, 0.717) is 17.8 Å². The van der Waals surface area contributed by atoms with Gasteiger partial charge in [-0.2, -0.15) is 11.3 Å². The van der Waals surface area contributed by atoms with Crippen molar-refractivity contribution in [3.05, 3.63) is 186 Å². The van der Waals surface area contributed by atoms with Crippen molar-refractivity contribution in [3.8, 4) is 50.6 Å². The van der Waals surface area contributed by atoms with Crippen LogP contribution in [-0.2, 0) is 26.5 Å². The smallest absolute Gasteiger partial charge is 0.114 e. The van der Waals surface area contributed by atoms with Gasteiger partial charge in [-0.25, -0.2) is 4.98 Å². The fourth-order valence-corrected chi connectivity index (χ4v) is 11.9. The Labute approximate surface area is 422 Å². The fraction of sp³-hybridized carbons (Fsp3) is 0.230. The quantitative estimate of drug-likeness (QED) is 0.101. The van der Waals surface area contributed by atoms with Crippen molar-refractivity contribution in [2.24, 2.45) is 5.92 Å². The molecule has 4 nitrogen and oxygen atoms in total. The Morgan fingerprint density at radius 3 is 1.93 bits per heavy atom. The molecule has 0 N–H and O–H groups in total. The molecule has 10 aromatic rings. The molecule has 4 aromatic heterocycles. The summed E-state index contributed by atoms with van der Waals surface area (Å²) in [5, 5.41) is 3.87. The van der Waals surface area contributed by atoms with Crippen LogP contribution in [0.5, 0.6) is 0 Å². The van der Waals surface area contributed by atoms with Crippen LogP contribution in [0.1, 0.15) is 75.8 Å². The number of imidazole rings is 1. The van der Waals surface area contributed by atoms with Gasteiger partial charge in [-0.15, -0.1) is 59.2 Å². The van der Waals surface area contributed by atoms with Crippen LogP contribution < -0.4 is 5.19 Å². The number of hydrogen-bond acceptors (Lipinski definition) is 4. The van der Waals surface area contributed by atoms with Crippen LogP contribution in [0.25, 0.3) is 81.9 Å². The van der Waals surface area contributed by atoms with Gasteiger partial charge >= 0.3 is 0 Å². The van der Waals surface area contributed by atoms with E-state index in [2.05, 4.69) is 218 Å². The Hall–Kier alpha value is -5.82. The third-order valence-electron chi connectivity index (χ3n) is 12.6. The van der Waals surface area contributed by atoms with Crippen LogP contribution in [0.4, 0.5) is 0 Å². The molecule has 0 fully saturated rings. The molecule has 0 aliphatic rings. The van der Waals surface area contributed by atoms with Crippen molar-refractivity contribution < 1.29 is 20.1 Å². The third kappa shape index (κ3) is 10.1. The minimum absolute atomic E-state index is 0. The maximum absolute atomic E-state index is 5.25. The molecule has 0 aliphatic carbocycles. The molecule has 0 amide bonds. The number of aryl methyl sites for hydroxylation is 1. The monoisotopic (exact) mass is 1100 g/mol. The van der Waals surface area contributed by atoms with Crippen molar-refractivity contribution in [1.82, 2.24) is 19.5 Å². The van der Waals surface area contributed by atoms with Gasteiger partial charge in [0.25, 0.3) is 0 Å². The molecule has 7 heteroatoms. The van der Waals surface area contributed by atoms with Crippen LogP contribution in [0, 0.1) is 25.0 Å². The second-order valence-electron chi connectivity index (χ2n) is 19.9. The molecule has 68 heavy (non-hydrogen) atoms. The number of thiophene rings is 1. The summed E-state index contributed by atoms with van der Waals surface area (Å²) in [6, 6.07) is 58.7. The summed E-state index contributed by atoms with van der Waals surface area (Å²) in [6.07, 6.45) is 3.23. The number of rotatable bonds is 10. The Bertz CT molecular complexity index is 3330. The van der Waals surface area contributed by atoms with E-state index in [9.17, 15) is 0 Å². The molecule has 1 radical (unpaired) electrons. The molecule has 6 aromatic carbocycles. The first-order valence-corrected chi connectivity index (χ1v) is 28.0. The number of pyridine rings is 2. The van der Waals surface area contributed by atoms with Gasteiger partial charge in [0.05, 0.1) is 24.9 Å². The summed E-state index contributed by atoms with van der Waals surface area (Å²) in [7, 11) is -1.40. The van der Waals surface area contributed by atoms with E-state index in [-0.39, 0.29) is 20.1 Å². The first kappa shape index (κ1) is 48.6. The summed E-state index contributed by atoms with van der Waals surface area (Å²) in [5.41, 5.74) is 16.5. The van der Waals surface area contributed by atoms with E-state index < -0.39 is 8.07 Å². The molecule has 0 saturated heterocycles. The second-order valence-corrected chi connectivity index (χ2v) is 26.0. The fourth-order valence-electron chi connectivity index (χ4n) is 9.22. The Balaban J connectivity index is 0.000000201. The molecule has 345 valence electrons. The molecule has 0 spiro atoms. The second kappa shape index (κ2) is 20.4. The first-order chi connectivity index (χ1) is 32.2. The predicted octanol–water partition coefficient (Wildman–Crippen LogP) is 16.4. The van der Waals surface area contributed by atoms with Gasteiger partial charge in [-0.1, -0.05) is 157 Å². The van der Waals surface area contributed by atoms with Gasteiger partial charge in [0.2, 0.25) is 0 Å². The van der Waals surface area contributed by atoms with Crippen molar-refractivity contribution in [2.75, 3.05) is 0 Å². The van der Waals surface area contributed by atoms with Crippen LogP contribution in [-0.4, -0.2) is 27.6 Å². The number of benzene rings is 6. The van der Waals surface area contributed by atoms with Gasteiger partial charge in [0, 0.05) is 37.7 Å². The molecule has 0 unspecified atom stereocenters. The molecule has 0 saturated carbocycles. The van der Waals surface area contributed by atoms with Gasteiger partial charge in [-0.05, 0) is 110 Å². The van der Waals surface area contributed by atoms with Crippen LogP contribution in [0.15, 0.2) is 152 Å². The number of para-hydroxylation sites is 2. The summed E-state index contributed by atoms with van der Waals surface area (Å²) >= 11 is 1.73. The van der Waals surface area contributed by atoms with Gasteiger partial charge in [-0.3, -0.25) is 4.98 Å². The van der Waals surface area contributed by atoms with E-state index >= 15 is 0 Å². The van der Waals surface area contributed by atoms with Gasteiger partial charge in [0.1, 0.15) is 4.83 Å². The molecular weight excluding hydrogens is 1040 g/mol. The summed E-state index contributed by atoms with van der Waals surface area (Å²) in [5.74, 6) is 2.20. The zero-order valence-electron chi connectivity index (χ0n) is 40.9. The third-order valence-corrected chi connectivity index (χ3v) is 15.7. The Morgan fingerprint density at radius 1 is 0.632 bits per heavy atom. The van der Waals surface area contributed by atoms with Crippen molar-refractivity contribution >= 4 is 55.9 Å². The van der Waals surface area contributed by atoms with Crippen LogP contribution in [0.2, 0.25) is 19.6 Å². The van der Waals surface area contributed by atoms with E-state index in [1.807, 2.05) is 19.1 Å². The summed E-state index contributed by atoms with van der Waals surface area (Å²) in [6.45, 7) is 23.0. The zero-order valence-corrected chi connectivity index (χ0v) is 45.1. The van der Waals surface area contributed by atoms with Gasteiger partial charge < -0.3 is 9.55 Å². The van der Waals surface area contributed by atoms with E-state index in [1.165, 1.54) is 65.3 Å². The molecule has 4 heterocycles. The topological polar surface area (TPSA) is 43.6 Å². The van der Waals surface area contributed by atoms with E-state index in [0.717, 1.165) is 50.6 Å². The van der Waals surface area contributed by atoms with Crippen molar-refractivity contribution in [2.45, 2.75) is 86.4 Å².